The average Bonchev–Trinajstić information content (AvgIpc) is 2.91. The van der Waals surface area contributed by atoms with E-state index in [2.05, 4.69) is 10.4 Å². The Morgan fingerprint density at radius 2 is 2.04 bits per heavy atom. The quantitative estimate of drug-likeness (QED) is 0.835. The van der Waals surface area contributed by atoms with Gasteiger partial charge in [0, 0.05) is 24.4 Å². The van der Waals surface area contributed by atoms with Gasteiger partial charge in [0.15, 0.2) is 0 Å². The Labute approximate surface area is 134 Å². The molecule has 130 valence electrons. The minimum Gasteiger partial charge on any atom is -0.383 e. The van der Waals surface area contributed by atoms with Crippen LogP contribution in [0.15, 0.2) is 30.6 Å². The second-order valence-electron chi connectivity index (χ2n) is 5.55. The van der Waals surface area contributed by atoms with Crippen LogP contribution < -0.4 is 5.32 Å². The molecule has 0 spiro atoms. The van der Waals surface area contributed by atoms with Crippen molar-refractivity contribution in [3.63, 3.8) is 0 Å². The lowest BCUT2D eigenvalue weighted by molar-refractivity contribution is -0.140. The Morgan fingerprint density at radius 3 is 2.58 bits per heavy atom. The van der Waals surface area contributed by atoms with E-state index in [0.29, 0.717) is 17.7 Å². The predicted molar refractivity (Wildman–Crippen MR) is 76.5 cm³/mol. The third-order valence-electron chi connectivity index (χ3n) is 3.45. The maximum absolute atomic E-state index is 13.2. The molecule has 2 rings (SSSR count). The summed E-state index contributed by atoms with van der Waals surface area (Å²) in [6.45, 7) is 1.17. The Balaban J connectivity index is 2.13. The van der Waals surface area contributed by atoms with Crippen molar-refractivity contribution in [3.8, 4) is 0 Å². The lowest BCUT2D eigenvalue weighted by Gasteiger charge is -2.22. The Morgan fingerprint density at radius 1 is 1.38 bits per heavy atom. The van der Waals surface area contributed by atoms with Crippen molar-refractivity contribution in [2.24, 2.45) is 7.05 Å². The minimum absolute atomic E-state index is 0.254. The van der Waals surface area contributed by atoms with Gasteiger partial charge in [-0.05, 0) is 25.1 Å². The molecular formula is C15H15F4N3O2. The van der Waals surface area contributed by atoms with Crippen molar-refractivity contribution in [1.82, 2.24) is 15.1 Å². The Kier molecular flexibility index (Phi) is 4.66. The molecule has 2 aromatic rings. The fraction of sp³-hybridized carbons (Fsp3) is 0.333. The van der Waals surface area contributed by atoms with E-state index >= 15 is 0 Å². The molecule has 1 heterocycles. The van der Waals surface area contributed by atoms with Gasteiger partial charge in [-0.25, -0.2) is 4.39 Å². The molecular weight excluding hydrogens is 330 g/mol. The number of rotatable bonds is 4. The molecule has 0 fully saturated rings. The maximum atomic E-state index is 13.2. The fourth-order valence-electron chi connectivity index (χ4n) is 2.04. The third kappa shape index (κ3) is 3.91. The van der Waals surface area contributed by atoms with E-state index in [0.717, 1.165) is 6.07 Å². The van der Waals surface area contributed by atoms with Gasteiger partial charge in [-0.3, -0.25) is 9.48 Å². The first-order valence-electron chi connectivity index (χ1n) is 6.87. The number of carbonyl (C=O) groups is 1. The van der Waals surface area contributed by atoms with Gasteiger partial charge >= 0.3 is 6.18 Å². The van der Waals surface area contributed by atoms with Crippen molar-refractivity contribution < 1.29 is 27.5 Å². The number of benzene rings is 1. The predicted octanol–water partition coefficient (Wildman–Crippen LogP) is 2.22. The highest BCUT2D eigenvalue weighted by Crippen LogP contribution is 2.31. The normalized spacial score (nSPS) is 14.3. The van der Waals surface area contributed by atoms with Gasteiger partial charge in [-0.1, -0.05) is 0 Å². The summed E-state index contributed by atoms with van der Waals surface area (Å²) in [5, 5.41) is 16.5. The zero-order valence-corrected chi connectivity index (χ0v) is 12.9. The van der Waals surface area contributed by atoms with E-state index in [-0.39, 0.29) is 12.1 Å². The summed E-state index contributed by atoms with van der Waals surface area (Å²) in [6, 6.07) is 1.96. The minimum atomic E-state index is -4.90. The topological polar surface area (TPSA) is 67.2 Å². The van der Waals surface area contributed by atoms with Crippen LogP contribution in [0.1, 0.15) is 28.4 Å². The van der Waals surface area contributed by atoms with Gasteiger partial charge in [0.2, 0.25) is 0 Å². The van der Waals surface area contributed by atoms with Gasteiger partial charge in [-0.2, -0.15) is 18.3 Å². The summed E-state index contributed by atoms with van der Waals surface area (Å²) in [7, 11) is 1.65. The first-order chi connectivity index (χ1) is 11.0. The number of aliphatic hydroxyl groups is 1. The van der Waals surface area contributed by atoms with Crippen LogP contribution in [0, 0.1) is 5.82 Å². The molecule has 0 aliphatic carbocycles. The molecule has 0 saturated carbocycles. The van der Waals surface area contributed by atoms with Crippen molar-refractivity contribution in [2.45, 2.75) is 18.7 Å². The van der Waals surface area contributed by atoms with Crippen molar-refractivity contribution in [3.05, 3.63) is 53.1 Å². The highest BCUT2D eigenvalue weighted by molar-refractivity contribution is 5.94. The molecule has 1 aromatic heterocycles. The molecule has 0 bridgehead atoms. The summed E-state index contributed by atoms with van der Waals surface area (Å²) >= 11 is 0. The number of hydrogen-bond acceptors (Lipinski definition) is 3. The monoisotopic (exact) mass is 345 g/mol. The van der Waals surface area contributed by atoms with Crippen LogP contribution in [0.25, 0.3) is 0 Å². The first kappa shape index (κ1) is 17.9. The van der Waals surface area contributed by atoms with Gasteiger partial charge in [0.05, 0.1) is 18.3 Å². The van der Waals surface area contributed by atoms with E-state index in [4.69, 9.17) is 0 Å². The zero-order chi connectivity index (χ0) is 18.1. The van der Waals surface area contributed by atoms with Crippen LogP contribution >= 0.6 is 0 Å². The van der Waals surface area contributed by atoms with Crippen LogP contribution in [0.4, 0.5) is 17.6 Å². The van der Waals surface area contributed by atoms with Crippen molar-refractivity contribution in [1.29, 1.82) is 0 Å². The number of nitrogens with one attached hydrogen (secondary N) is 1. The summed E-state index contributed by atoms with van der Waals surface area (Å²) in [4.78, 5) is 12.0. The van der Waals surface area contributed by atoms with Crippen LogP contribution in [0.5, 0.6) is 0 Å². The van der Waals surface area contributed by atoms with E-state index in [9.17, 15) is 27.5 Å². The lowest BCUT2D eigenvalue weighted by atomic mass is 9.99. The number of hydrogen-bond donors (Lipinski definition) is 2. The summed E-state index contributed by atoms with van der Waals surface area (Å²) in [5.41, 5.74) is -2.91. The van der Waals surface area contributed by atoms with E-state index in [1.54, 1.807) is 13.2 Å². The number of halogens is 4. The van der Waals surface area contributed by atoms with E-state index in [1.807, 2.05) is 0 Å². The maximum Gasteiger partial charge on any atom is 0.419 e. The summed E-state index contributed by atoms with van der Waals surface area (Å²) in [5.74, 6) is -2.31. The molecule has 9 heteroatoms. The van der Waals surface area contributed by atoms with Gasteiger partial charge < -0.3 is 10.4 Å². The highest BCUT2D eigenvalue weighted by atomic mass is 19.4. The standard InChI is InChI=1S/C15H15F4N3O2/c1-14(24,10-6-21-22(2)7-10)8-20-13(23)9-3-4-12(16)11(5-9)15(17,18)19/h3-7,24H,8H2,1-2H3,(H,20,23). The zero-order valence-electron chi connectivity index (χ0n) is 12.9. The number of amides is 1. The summed E-state index contributed by atoms with van der Waals surface area (Å²) in [6.07, 6.45) is -1.95. The lowest BCUT2D eigenvalue weighted by Crippen LogP contribution is -2.38. The number of carbonyl (C=O) groups excluding carboxylic acids is 1. The van der Waals surface area contributed by atoms with E-state index in [1.165, 1.54) is 17.8 Å². The SMILES string of the molecule is Cn1cc(C(C)(O)CNC(=O)c2ccc(F)c(C(F)(F)F)c2)cn1. The second-order valence-corrected chi connectivity index (χ2v) is 5.55. The Hall–Kier alpha value is -2.42. The fourth-order valence-corrected chi connectivity index (χ4v) is 2.04. The van der Waals surface area contributed by atoms with Crippen LogP contribution in [0.3, 0.4) is 0 Å². The molecule has 0 saturated heterocycles. The molecule has 0 radical (unpaired) electrons. The first-order valence-corrected chi connectivity index (χ1v) is 6.87. The third-order valence-corrected chi connectivity index (χ3v) is 3.45. The van der Waals surface area contributed by atoms with Crippen LogP contribution in [-0.2, 0) is 18.8 Å². The number of alkyl halides is 3. The van der Waals surface area contributed by atoms with E-state index < -0.39 is 29.1 Å². The molecule has 5 nitrogen and oxygen atoms in total. The summed E-state index contributed by atoms with van der Waals surface area (Å²) < 4.78 is 52.7. The second kappa shape index (κ2) is 6.23. The average molecular weight is 345 g/mol. The van der Waals surface area contributed by atoms with Crippen LogP contribution in [0.2, 0.25) is 0 Å². The molecule has 0 aliphatic rings. The highest BCUT2D eigenvalue weighted by Gasteiger charge is 2.35. The molecule has 1 amide bonds. The van der Waals surface area contributed by atoms with Gasteiger partial charge in [0.25, 0.3) is 5.91 Å². The molecule has 0 aliphatic heterocycles. The molecule has 1 unspecified atom stereocenters. The molecule has 1 atom stereocenters. The number of nitrogens with zero attached hydrogens (tertiary/aromatic N) is 2. The van der Waals surface area contributed by atoms with Crippen molar-refractivity contribution >= 4 is 5.91 Å². The number of aromatic nitrogens is 2. The number of aryl methyl sites for hydroxylation is 1. The smallest absolute Gasteiger partial charge is 0.383 e. The van der Waals surface area contributed by atoms with Gasteiger partial charge in [-0.15, -0.1) is 0 Å². The molecule has 1 aromatic carbocycles. The Bertz CT molecular complexity index is 753. The largest absolute Gasteiger partial charge is 0.419 e. The van der Waals surface area contributed by atoms with Gasteiger partial charge in [0.1, 0.15) is 11.4 Å². The van der Waals surface area contributed by atoms with Crippen LogP contribution in [-0.4, -0.2) is 27.3 Å². The van der Waals surface area contributed by atoms with Crippen molar-refractivity contribution in [2.75, 3.05) is 6.54 Å². The molecule has 2 N–H and O–H groups in total. The molecule has 24 heavy (non-hydrogen) atoms.